The van der Waals surface area contributed by atoms with Crippen LogP contribution in [0.5, 0.6) is 0 Å². The molecular weight excluding hydrogens is 208 g/mol. The molecule has 0 aromatic heterocycles. The van der Waals surface area contributed by atoms with Gasteiger partial charge in [0.2, 0.25) is 0 Å². The van der Waals surface area contributed by atoms with Crippen LogP contribution in [0.2, 0.25) is 0 Å². The molecule has 17 heavy (non-hydrogen) atoms. The number of nitrogens with zero attached hydrogens (tertiary/aromatic N) is 1. The van der Waals surface area contributed by atoms with Crippen molar-refractivity contribution in [3.63, 3.8) is 0 Å². The summed E-state index contributed by atoms with van der Waals surface area (Å²) in [6.07, 6.45) is 8.13. The summed E-state index contributed by atoms with van der Waals surface area (Å²) < 4.78 is 0. The van der Waals surface area contributed by atoms with Crippen LogP contribution in [0.1, 0.15) is 66.2 Å². The molecule has 0 spiro atoms. The lowest BCUT2D eigenvalue weighted by molar-refractivity contribution is 0.134. The second-order valence-corrected chi connectivity index (χ2v) is 6.22. The van der Waals surface area contributed by atoms with Crippen LogP contribution in [-0.4, -0.2) is 36.1 Å². The topological polar surface area (TPSA) is 15.3 Å². The van der Waals surface area contributed by atoms with E-state index in [-0.39, 0.29) is 0 Å². The fraction of sp³-hybridized carbons (Fsp3) is 1.00. The predicted octanol–water partition coefficient (Wildman–Crippen LogP) is 3.42. The second-order valence-electron chi connectivity index (χ2n) is 6.22. The van der Waals surface area contributed by atoms with E-state index in [1.54, 1.807) is 0 Å². The number of hydrogen-bond donors (Lipinski definition) is 1. The Labute approximate surface area is 108 Å². The second kappa shape index (κ2) is 7.38. The van der Waals surface area contributed by atoms with Crippen LogP contribution in [0.4, 0.5) is 0 Å². The minimum absolute atomic E-state index is 0.356. The van der Waals surface area contributed by atoms with E-state index in [1.165, 1.54) is 58.2 Å². The minimum atomic E-state index is 0.356. The van der Waals surface area contributed by atoms with Gasteiger partial charge in [-0.3, -0.25) is 4.90 Å². The molecule has 1 aliphatic heterocycles. The lowest BCUT2D eigenvalue weighted by Crippen LogP contribution is -2.55. The minimum Gasteiger partial charge on any atom is -0.310 e. The number of unbranched alkanes of at least 4 members (excludes halogenated alkanes) is 2. The first kappa shape index (κ1) is 15.0. The first-order chi connectivity index (χ1) is 8.07. The van der Waals surface area contributed by atoms with Gasteiger partial charge in [-0.25, -0.2) is 0 Å². The molecule has 0 aromatic rings. The van der Waals surface area contributed by atoms with Crippen molar-refractivity contribution in [1.82, 2.24) is 10.2 Å². The lowest BCUT2D eigenvalue weighted by Gasteiger charge is -2.41. The molecule has 1 rings (SSSR count). The molecule has 0 saturated carbocycles. The molecule has 1 saturated heterocycles. The van der Waals surface area contributed by atoms with E-state index in [9.17, 15) is 0 Å². The van der Waals surface area contributed by atoms with Gasteiger partial charge in [0.15, 0.2) is 0 Å². The molecule has 0 radical (unpaired) electrons. The zero-order valence-corrected chi connectivity index (χ0v) is 12.4. The van der Waals surface area contributed by atoms with Crippen molar-refractivity contribution in [2.45, 2.75) is 77.8 Å². The Morgan fingerprint density at radius 3 is 2.53 bits per heavy atom. The predicted molar refractivity (Wildman–Crippen MR) is 76.5 cm³/mol. The summed E-state index contributed by atoms with van der Waals surface area (Å²) in [5.41, 5.74) is 0.356. The summed E-state index contributed by atoms with van der Waals surface area (Å²) >= 11 is 0. The van der Waals surface area contributed by atoms with Gasteiger partial charge in [-0.2, -0.15) is 0 Å². The van der Waals surface area contributed by atoms with Crippen molar-refractivity contribution >= 4 is 0 Å². The zero-order valence-electron chi connectivity index (χ0n) is 12.4. The Hall–Kier alpha value is -0.0800. The van der Waals surface area contributed by atoms with Gasteiger partial charge in [0.05, 0.1) is 0 Å². The van der Waals surface area contributed by atoms with E-state index in [0.717, 1.165) is 0 Å². The van der Waals surface area contributed by atoms with Gasteiger partial charge >= 0.3 is 0 Å². The third kappa shape index (κ3) is 5.39. The van der Waals surface area contributed by atoms with Crippen LogP contribution < -0.4 is 5.32 Å². The molecule has 1 unspecified atom stereocenters. The number of hydrogen-bond acceptors (Lipinski definition) is 2. The molecular formula is C15H32N2. The average Bonchev–Trinajstić information content (AvgIpc) is 2.28. The third-order valence-corrected chi connectivity index (χ3v) is 4.04. The van der Waals surface area contributed by atoms with Crippen molar-refractivity contribution in [1.29, 1.82) is 0 Å². The highest BCUT2D eigenvalue weighted by atomic mass is 15.2. The maximum Gasteiger partial charge on any atom is 0.0280 e. The van der Waals surface area contributed by atoms with Crippen molar-refractivity contribution in [2.24, 2.45) is 0 Å². The Kier molecular flexibility index (Phi) is 6.50. The average molecular weight is 240 g/mol. The van der Waals surface area contributed by atoms with E-state index >= 15 is 0 Å². The van der Waals surface area contributed by atoms with Crippen molar-refractivity contribution in [3.05, 3.63) is 0 Å². The van der Waals surface area contributed by atoms with Gasteiger partial charge in [-0.1, -0.05) is 26.2 Å². The van der Waals surface area contributed by atoms with Crippen molar-refractivity contribution in [3.8, 4) is 0 Å². The third-order valence-electron chi connectivity index (χ3n) is 4.04. The van der Waals surface area contributed by atoms with Crippen LogP contribution >= 0.6 is 0 Å². The summed E-state index contributed by atoms with van der Waals surface area (Å²) in [5.74, 6) is 0. The van der Waals surface area contributed by atoms with Crippen LogP contribution in [0, 0.1) is 0 Å². The van der Waals surface area contributed by atoms with Crippen LogP contribution in [-0.2, 0) is 0 Å². The largest absolute Gasteiger partial charge is 0.310 e. The Bertz CT molecular complexity index is 195. The normalized spacial score (nSPS) is 25.8. The molecule has 1 fully saturated rings. The molecule has 1 aliphatic rings. The van der Waals surface area contributed by atoms with Crippen molar-refractivity contribution in [2.75, 3.05) is 19.6 Å². The highest BCUT2D eigenvalue weighted by Gasteiger charge is 2.29. The summed E-state index contributed by atoms with van der Waals surface area (Å²) in [5, 5.41) is 3.73. The van der Waals surface area contributed by atoms with Gasteiger partial charge < -0.3 is 5.32 Å². The molecule has 1 atom stereocenters. The van der Waals surface area contributed by atoms with E-state index < -0.39 is 0 Å². The van der Waals surface area contributed by atoms with Gasteiger partial charge in [0.25, 0.3) is 0 Å². The fourth-order valence-corrected chi connectivity index (χ4v) is 2.79. The lowest BCUT2D eigenvalue weighted by atomic mass is 9.90. The smallest absolute Gasteiger partial charge is 0.0280 e. The fourth-order valence-electron chi connectivity index (χ4n) is 2.79. The molecule has 1 heterocycles. The van der Waals surface area contributed by atoms with Gasteiger partial charge in [-0.15, -0.1) is 0 Å². The summed E-state index contributed by atoms with van der Waals surface area (Å²) in [4.78, 5) is 2.66. The van der Waals surface area contributed by atoms with Crippen LogP contribution in [0.25, 0.3) is 0 Å². The van der Waals surface area contributed by atoms with Gasteiger partial charge in [0.1, 0.15) is 0 Å². The first-order valence-corrected chi connectivity index (χ1v) is 7.56. The SMILES string of the molecule is CCCCCN(CC1(C)CCCCN1)C(C)C. The Balaban J connectivity index is 2.41. The molecule has 1 N–H and O–H groups in total. The van der Waals surface area contributed by atoms with E-state index in [0.29, 0.717) is 11.6 Å². The van der Waals surface area contributed by atoms with E-state index in [2.05, 4.69) is 37.9 Å². The highest BCUT2D eigenvalue weighted by Crippen LogP contribution is 2.21. The van der Waals surface area contributed by atoms with Crippen LogP contribution in [0.3, 0.4) is 0 Å². The van der Waals surface area contributed by atoms with Gasteiger partial charge in [-0.05, 0) is 53.1 Å². The van der Waals surface area contributed by atoms with Gasteiger partial charge in [0, 0.05) is 18.1 Å². The first-order valence-electron chi connectivity index (χ1n) is 7.56. The molecule has 0 amide bonds. The van der Waals surface area contributed by atoms with Crippen molar-refractivity contribution < 1.29 is 0 Å². The summed E-state index contributed by atoms with van der Waals surface area (Å²) in [6.45, 7) is 13.0. The highest BCUT2D eigenvalue weighted by molar-refractivity contribution is 4.90. The monoisotopic (exact) mass is 240 g/mol. The maximum absolute atomic E-state index is 3.73. The number of nitrogens with one attached hydrogen (secondary N) is 1. The molecule has 2 heteroatoms. The molecule has 0 bridgehead atoms. The summed E-state index contributed by atoms with van der Waals surface area (Å²) in [7, 11) is 0. The quantitative estimate of drug-likeness (QED) is 0.686. The van der Waals surface area contributed by atoms with E-state index in [4.69, 9.17) is 0 Å². The van der Waals surface area contributed by atoms with E-state index in [1.807, 2.05) is 0 Å². The summed E-state index contributed by atoms with van der Waals surface area (Å²) in [6, 6.07) is 0.674. The molecule has 0 aliphatic carbocycles. The maximum atomic E-state index is 3.73. The Morgan fingerprint density at radius 2 is 2.00 bits per heavy atom. The van der Waals surface area contributed by atoms with Crippen LogP contribution in [0.15, 0.2) is 0 Å². The zero-order chi connectivity index (χ0) is 12.7. The standard InChI is InChI=1S/C15H32N2/c1-5-6-9-12-17(14(2)3)13-15(4)10-7-8-11-16-15/h14,16H,5-13H2,1-4H3. The Morgan fingerprint density at radius 1 is 1.24 bits per heavy atom. The molecule has 2 nitrogen and oxygen atoms in total. The molecule has 0 aromatic carbocycles. The molecule has 102 valence electrons. The number of piperidine rings is 1. The number of rotatable bonds is 7.